The number of nitrogens with zero attached hydrogens (tertiary/aromatic N) is 3. The molecule has 0 bridgehead atoms. The molecule has 2 amide bonds. The van der Waals surface area contributed by atoms with Gasteiger partial charge in [-0.25, -0.2) is 14.5 Å². The van der Waals surface area contributed by atoms with Crippen LogP contribution in [-0.4, -0.2) is 20.8 Å². The van der Waals surface area contributed by atoms with Gasteiger partial charge < -0.3 is 15.4 Å². The molecule has 0 radical (unpaired) electrons. The molecule has 7 heteroatoms. The lowest BCUT2D eigenvalue weighted by atomic mass is 10.2. The zero-order chi connectivity index (χ0) is 19.9. The molecule has 2 aromatic carbocycles. The summed E-state index contributed by atoms with van der Waals surface area (Å²) in [4.78, 5) is 16.7. The summed E-state index contributed by atoms with van der Waals surface area (Å²) in [6.07, 6.45) is 5.19. The van der Waals surface area contributed by atoms with Crippen molar-refractivity contribution in [1.82, 2.24) is 20.1 Å². The fraction of sp³-hybridized carbons (Fsp3) is 0.0455. The molecule has 0 spiro atoms. The van der Waals surface area contributed by atoms with Gasteiger partial charge >= 0.3 is 6.03 Å². The van der Waals surface area contributed by atoms with E-state index in [2.05, 4.69) is 20.7 Å². The number of rotatable bonds is 6. The van der Waals surface area contributed by atoms with Gasteiger partial charge in [0.2, 0.25) is 0 Å². The number of para-hydroxylation sites is 3. The normalized spacial score (nSPS) is 10.3. The Labute approximate surface area is 168 Å². The Bertz CT molecular complexity index is 1080. The average Bonchev–Trinajstić information content (AvgIpc) is 3.30. The number of anilines is 1. The first kappa shape index (κ1) is 18.2. The van der Waals surface area contributed by atoms with Crippen LogP contribution in [0.1, 0.15) is 5.56 Å². The maximum atomic E-state index is 12.4. The molecule has 7 nitrogen and oxygen atoms in total. The van der Waals surface area contributed by atoms with Gasteiger partial charge in [0, 0.05) is 25.1 Å². The summed E-state index contributed by atoms with van der Waals surface area (Å²) in [5.41, 5.74) is 1.50. The minimum absolute atomic E-state index is 0.327. The highest BCUT2D eigenvalue weighted by Gasteiger charge is 2.09. The van der Waals surface area contributed by atoms with Crippen molar-refractivity contribution < 1.29 is 9.53 Å². The molecule has 0 unspecified atom stereocenters. The molecule has 0 saturated heterocycles. The van der Waals surface area contributed by atoms with E-state index in [9.17, 15) is 4.79 Å². The number of benzene rings is 2. The predicted octanol–water partition coefficient (Wildman–Crippen LogP) is 4.38. The van der Waals surface area contributed by atoms with Gasteiger partial charge in [-0.1, -0.05) is 30.3 Å². The van der Waals surface area contributed by atoms with E-state index in [1.807, 2.05) is 72.9 Å². The number of carbonyl (C=O) groups excluding carboxylic acids is 1. The smallest absolute Gasteiger partial charge is 0.319 e. The molecule has 2 aromatic heterocycles. The Morgan fingerprint density at radius 3 is 2.62 bits per heavy atom. The van der Waals surface area contributed by atoms with E-state index in [1.54, 1.807) is 23.1 Å². The van der Waals surface area contributed by atoms with Crippen molar-refractivity contribution in [2.45, 2.75) is 6.54 Å². The molecule has 144 valence electrons. The Hall–Kier alpha value is -4.13. The van der Waals surface area contributed by atoms with Crippen LogP contribution in [0, 0.1) is 0 Å². The van der Waals surface area contributed by atoms with E-state index < -0.39 is 0 Å². The molecule has 0 aliphatic carbocycles. The van der Waals surface area contributed by atoms with Gasteiger partial charge in [0.25, 0.3) is 0 Å². The van der Waals surface area contributed by atoms with Crippen LogP contribution < -0.4 is 15.4 Å². The fourth-order valence-corrected chi connectivity index (χ4v) is 2.72. The monoisotopic (exact) mass is 385 g/mol. The number of aromatic nitrogens is 3. The number of ether oxygens (including phenoxy) is 1. The van der Waals surface area contributed by atoms with Gasteiger partial charge in [-0.3, -0.25) is 0 Å². The molecule has 4 aromatic rings. The molecular formula is C22H19N5O2. The first-order valence-electron chi connectivity index (χ1n) is 9.10. The summed E-state index contributed by atoms with van der Waals surface area (Å²) >= 11 is 0. The van der Waals surface area contributed by atoms with Crippen LogP contribution in [0.5, 0.6) is 11.5 Å². The van der Waals surface area contributed by atoms with E-state index >= 15 is 0 Å². The average molecular weight is 385 g/mol. The number of nitrogens with one attached hydrogen (secondary N) is 2. The maximum Gasteiger partial charge on any atom is 0.319 e. The van der Waals surface area contributed by atoms with Crippen molar-refractivity contribution in [2.75, 3.05) is 5.32 Å². The molecular weight excluding hydrogens is 366 g/mol. The number of pyridine rings is 1. The third-order valence-corrected chi connectivity index (χ3v) is 4.11. The lowest BCUT2D eigenvalue weighted by Crippen LogP contribution is -2.28. The van der Waals surface area contributed by atoms with E-state index in [1.165, 1.54) is 0 Å². The highest BCUT2D eigenvalue weighted by molar-refractivity contribution is 5.90. The molecule has 0 saturated carbocycles. The molecule has 0 aliphatic heterocycles. The zero-order valence-electron chi connectivity index (χ0n) is 15.5. The van der Waals surface area contributed by atoms with Crippen LogP contribution in [0.3, 0.4) is 0 Å². The molecule has 29 heavy (non-hydrogen) atoms. The van der Waals surface area contributed by atoms with Crippen molar-refractivity contribution in [3.8, 4) is 17.3 Å². The van der Waals surface area contributed by atoms with Gasteiger partial charge in [0.05, 0.1) is 5.69 Å². The minimum atomic E-state index is -0.327. The van der Waals surface area contributed by atoms with Crippen molar-refractivity contribution in [3.05, 3.63) is 97.0 Å². The summed E-state index contributed by atoms with van der Waals surface area (Å²) in [5, 5.41) is 9.85. The fourth-order valence-electron chi connectivity index (χ4n) is 2.72. The van der Waals surface area contributed by atoms with Gasteiger partial charge in [0.15, 0.2) is 11.6 Å². The molecule has 2 N–H and O–H groups in total. The third kappa shape index (κ3) is 4.78. The van der Waals surface area contributed by atoms with E-state index in [-0.39, 0.29) is 6.03 Å². The Morgan fingerprint density at radius 1 is 0.966 bits per heavy atom. The summed E-state index contributed by atoms with van der Waals surface area (Å²) in [5.74, 6) is 1.96. The van der Waals surface area contributed by atoms with Gasteiger partial charge in [-0.2, -0.15) is 5.10 Å². The topological polar surface area (TPSA) is 81.1 Å². The number of carbonyl (C=O) groups is 1. The van der Waals surface area contributed by atoms with Crippen LogP contribution in [0.4, 0.5) is 10.5 Å². The van der Waals surface area contributed by atoms with E-state index in [0.29, 0.717) is 29.5 Å². The SMILES string of the molecule is O=C(NCc1ccnc(-n2cccn2)c1)Nc1ccccc1Oc1ccccc1. The summed E-state index contributed by atoms with van der Waals surface area (Å²) in [6.45, 7) is 0.352. The molecule has 0 atom stereocenters. The third-order valence-electron chi connectivity index (χ3n) is 4.11. The predicted molar refractivity (Wildman–Crippen MR) is 110 cm³/mol. The van der Waals surface area contributed by atoms with Crippen molar-refractivity contribution in [3.63, 3.8) is 0 Å². The van der Waals surface area contributed by atoms with Gasteiger partial charge in [-0.15, -0.1) is 0 Å². The summed E-state index contributed by atoms with van der Waals surface area (Å²) in [6, 6.07) is 21.9. The van der Waals surface area contributed by atoms with Gasteiger partial charge in [0.1, 0.15) is 5.75 Å². The lowest BCUT2D eigenvalue weighted by molar-refractivity contribution is 0.251. The Kier molecular flexibility index (Phi) is 5.48. The van der Waals surface area contributed by atoms with E-state index in [4.69, 9.17) is 4.74 Å². The Balaban J connectivity index is 1.39. The number of urea groups is 1. The van der Waals surface area contributed by atoms with Crippen LogP contribution in [0.2, 0.25) is 0 Å². The molecule has 0 fully saturated rings. The number of hydrogen-bond donors (Lipinski definition) is 2. The van der Waals surface area contributed by atoms with Crippen molar-refractivity contribution in [2.24, 2.45) is 0 Å². The first-order valence-corrected chi connectivity index (χ1v) is 9.10. The van der Waals surface area contributed by atoms with Gasteiger partial charge in [-0.05, 0) is 48.0 Å². The first-order chi connectivity index (χ1) is 14.3. The van der Waals surface area contributed by atoms with Crippen molar-refractivity contribution >= 4 is 11.7 Å². The minimum Gasteiger partial charge on any atom is -0.455 e. The zero-order valence-corrected chi connectivity index (χ0v) is 15.5. The highest BCUT2D eigenvalue weighted by Crippen LogP contribution is 2.28. The van der Waals surface area contributed by atoms with Crippen LogP contribution in [-0.2, 0) is 6.54 Å². The molecule has 4 rings (SSSR count). The maximum absolute atomic E-state index is 12.4. The van der Waals surface area contributed by atoms with Crippen LogP contribution >= 0.6 is 0 Å². The quantitative estimate of drug-likeness (QED) is 0.516. The molecule has 0 aliphatic rings. The molecule has 2 heterocycles. The second-order valence-electron chi connectivity index (χ2n) is 6.19. The second kappa shape index (κ2) is 8.71. The van der Waals surface area contributed by atoms with Crippen LogP contribution in [0.25, 0.3) is 5.82 Å². The highest BCUT2D eigenvalue weighted by atomic mass is 16.5. The summed E-state index contributed by atoms with van der Waals surface area (Å²) < 4.78 is 7.54. The van der Waals surface area contributed by atoms with E-state index in [0.717, 1.165) is 5.56 Å². The standard InChI is InChI=1S/C22H19N5O2/c28-22(24-16-17-11-13-23-21(15-17)27-14-6-12-25-27)26-19-9-4-5-10-20(19)29-18-7-2-1-3-8-18/h1-15H,16H2,(H2,24,26,28). The second-order valence-corrected chi connectivity index (χ2v) is 6.19. The number of amides is 2. The lowest BCUT2D eigenvalue weighted by Gasteiger charge is -2.13. The number of hydrogen-bond acceptors (Lipinski definition) is 4. The summed E-state index contributed by atoms with van der Waals surface area (Å²) in [7, 11) is 0. The largest absolute Gasteiger partial charge is 0.455 e. The van der Waals surface area contributed by atoms with Crippen LogP contribution in [0.15, 0.2) is 91.4 Å². The van der Waals surface area contributed by atoms with Crippen molar-refractivity contribution in [1.29, 1.82) is 0 Å². The Morgan fingerprint density at radius 2 is 1.79 bits per heavy atom.